The maximum absolute atomic E-state index is 12.7. The monoisotopic (exact) mass is 305 g/mol. The van der Waals surface area contributed by atoms with E-state index in [9.17, 15) is 23.1 Å². The lowest BCUT2D eigenvalue weighted by molar-refractivity contribution is -0.134. The first-order valence-electron chi connectivity index (χ1n) is 5.54. The number of rotatable bonds is 3. The van der Waals surface area contributed by atoms with E-state index in [-0.39, 0.29) is 28.2 Å². The molecule has 0 saturated carbocycles. The Hall–Kier alpha value is -1.74. The number of aromatic nitrogens is 2. The molecule has 1 amide bonds. The van der Waals surface area contributed by atoms with Crippen LogP contribution < -0.4 is 5.73 Å². The summed E-state index contributed by atoms with van der Waals surface area (Å²) in [7, 11) is 0. The maximum atomic E-state index is 12.7. The van der Waals surface area contributed by atoms with Crippen molar-refractivity contribution < 1.29 is 23.1 Å². The zero-order chi connectivity index (χ0) is 15.1. The second kappa shape index (κ2) is 4.98. The second-order valence-corrected chi connectivity index (χ2v) is 5.28. The van der Waals surface area contributed by atoms with Gasteiger partial charge in [-0.15, -0.1) is 11.3 Å². The van der Waals surface area contributed by atoms with E-state index in [4.69, 9.17) is 5.73 Å². The lowest BCUT2D eigenvalue weighted by Crippen LogP contribution is -2.16. The number of thiophene rings is 1. The largest absolute Gasteiger partial charge is 0.425 e. The molecule has 2 aromatic heterocycles. The van der Waals surface area contributed by atoms with Crippen molar-refractivity contribution in [2.75, 3.05) is 0 Å². The molecular weight excluding hydrogens is 295 g/mol. The number of carbonyl (C=O) groups is 1. The van der Waals surface area contributed by atoms with Crippen LogP contribution in [0, 0.1) is 0 Å². The molecule has 20 heavy (non-hydrogen) atoms. The fraction of sp³-hybridized carbons (Fsp3) is 0.364. The molecule has 0 radical (unpaired) electrons. The Kier molecular flexibility index (Phi) is 3.65. The van der Waals surface area contributed by atoms with Gasteiger partial charge >= 0.3 is 6.18 Å². The summed E-state index contributed by atoms with van der Waals surface area (Å²) in [6.07, 6.45) is -5.29. The van der Waals surface area contributed by atoms with Gasteiger partial charge in [-0.3, -0.25) is 4.79 Å². The number of hydrogen-bond acceptors (Lipinski definition) is 5. The highest BCUT2D eigenvalue weighted by atomic mass is 32.1. The predicted molar refractivity (Wildman–Crippen MR) is 66.3 cm³/mol. The van der Waals surface area contributed by atoms with Gasteiger partial charge in [-0.25, -0.2) is 9.97 Å². The van der Waals surface area contributed by atoms with E-state index in [2.05, 4.69) is 9.97 Å². The third-order valence-corrected chi connectivity index (χ3v) is 3.58. The molecule has 3 N–H and O–H groups in total. The van der Waals surface area contributed by atoms with Crippen molar-refractivity contribution in [2.24, 2.45) is 5.73 Å². The summed E-state index contributed by atoms with van der Waals surface area (Å²) in [5.41, 5.74) is 4.88. The van der Waals surface area contributed by atoms with E-state index in [1.54, 1.807) is 0 Å². The van der Waals surface area contributed by atoms with Crippen LogP contribution in [0.1, 0.15) is 28.1 Å². The first kappa shape index (κ1) is 14.7. The molecule has 108 valence electrons. The summed E-state index contributed by atoms with van der Waals surface area (Å²) >= 11 is 0.373. The van der Waals surface area contributed by atoms with E-state index in [1.807, 2.05) is 0 Å². The van der Waals surface area contributed by atoms with Crippen LogP contribution in [0.15, 0.2) is 6.07 Å². The number of amides is 1. The van der Waals surface area contributed by atoms with Crippen molar-refractivity contribution in [3.05, 3.63) is 22.5 Å². The fourth-order valence-corrected chi connectivity index (χ4v) is 2.60. The average Bonchev–Trinajstić information content (AvgIpc) is 2.69. The van der Waals surface area contributed by atoms with Gasteiger partial charge < -0.3 is 10.8 Å². The van der Waals surface area contributed by atoms with Crippen molar-refractivity contribution in [2.45, 2.75) is 25.6 Å². The first-order chi connectivity index (χ1) is 9.18. The lowest BCUT2D eigenvalue weighted by atomic mass is 10.2. The van der Waals surface area contributed by atoms with E-state index in [0.29, 0.717) is 11.3 Å². The average molecular weight is 305 g/mol. The molecule has 0 spiro atoms. The Morgan fingerprint density at radius 2 is 2.15 bits per heavy atom. The van der Waals surface area contributed by atoms with Crippen molar-refractivity contribution >= 4 is 27.5 Å². The number of aliphatic hydroxyl groups excluding tert-OH is 1. The van der Waals surface area contributed by atoms with Gasteiger partial charge in [-0.1, -0.05) is 0 Å². The molecule has 0 fully saturated rings. The molecular formula is C11H10F3N3O2S. The third kappa shape index (κ3) is 2.88. The van der Waals surface area contributed by atoms with Crippen LogP contribution >= 0.6 is 11.3 Å². The molecule has 2 aromatic rings. The summed E-state index contributed by atoms with van der Waals surface area (Å²) in [6.45, 7) is 1.48. The maximum Gasteiger partial charge on any atom is 0.425 e. The Morgan fingerprint density at radius 1 is 1.50 bits per heavy atom. The zero-order valence-corrected chi connectivity index (χ0v) is 11.0. The minimum absolute atomic E-state index is 0.000771. The van der Waals surface area contributed by atoms with Gasteiger partial charge in [0.25, 0.3) is 5.91 Å². The SMILES string of the molecule is C[C@@H](O)Cc1nc(C(N)=O)c2sc(C(F)(F)F)cc2n1. The van der Waals surface area contributed by atoms with Crippen LogP contribution in [-0.4, -0.2) is 27.1 Å². The van der Waals surface area contributed by atoms with Gasteiger partial charge in [-0.05, 0) is 13.0 Å². The highest BCUT2D eigenvalue weighted by Crippen LogP contribution is 2.38. The van der Waals surface area contributed by atoms with Gasteiger partial charge in [0.1, 0.15) is 16.4 Å². The molecule has 0 aliphatic heterocycles. The van der Waals surface area contributed by atoms with Crippen LogP contribution in [0.3, 0.4) is 0 Å². The summed E-state index contributed by atoms with van der Waals surface area (Å²) < 4.78 is 38.0. The molecule has 0 aliphatic rings. The summed E-state index contributed by atoms with van der Waals surface area (Å²) in [6, 6.07) is 0.847. The number of aliphatic hydroxyl groups is 1. The van der Waals surface area contributed by atoms with Crippen LogP contribution in [0.4, 0.5) is 13.2 Å². The van der Waals surface area contributed by atoms with Crippen molar-refractivity contribution in [1.82, 2.24) is 9.97 Å². The highest BCUT2D eigenvalue weighted by Gasteiger charge is 2.34. The molecule has 5 nitrogen and oxygen atoms in total. The van der Waals surface area contributed by atoms with E-state index < -0.39 is 23.1 Å². The number of halogens is 3. The van der Waals surface area contributed by atoms with Gasteiger partial charge in [0.2, 0.25) is 0 Å². The van der Waals surface area contributed by atoms with Crippen molar-refractivity contribution in [1.29, 1.82) is 0 Å². The number of fused-ring (bicyclic) bond motifs is 1. The number of nitrogens with zero attached hydrogens (tertiary/aromatic N) is 2. The minimum Gasteiger partial charge on any atom is -0.393 e. The predicted octanol–water partition coefficient (Wildman–Crippen LogP) is 1.73. The van der Waals surface area contributed by atoms with Crippen LogP contribution in [-0.2, 0) is 12.6 Å². The standard InChI is InChI=1S/C11H10F3N3O2S/c1-4(18)2-7-16-5-3-6(11(12,13)14)20-9(5)8(17-7)10(15)19/h3-4,18H,2H2,1H3,(H2,15,19)/t4-/m1/s1. The first-order valence-corrected chi connectivity index (χ1v) is 6.35. The van der Waals surface area contributed by atoms with Gasteiger partial charge in [-0.2, -0.15) is 13.2 Å². The molecule has 0 bridgehead atoms. The Morgan fingerprint density at radius 3 is 2.65 bits per heavy atom. The highest BCUT2D eigenvalue weighted by molar-refractivity contribution is 7.19. The Labute approximate surface area is 115 Å². The third-order valence-electron chi connectivity index (χ3n) is 2.41. The smallest absolute Gasteiger partial charge is 0.393 e. The molecule has 2 rings (SSSR count). The summed E-state index contributed by atoms with van der Waals surface area (Å²) in [5.74, 6) is -0.854. The van der Waals surface area contributed by atoms with Crippen molar-refractivity contribution in [3.8, 4) is 0 Å². The molecule has 0 unspecified atom stereocenters. The summed E-state index contributed by atoms with van der Waals surface area (Å²) in [5, 5.41) is 9.27. The number of alkyl halides is 3. The molecule has 2 heterocycles. The van der Waals surface area contributed by atoms with Crippen LogP contribution in [0.2, 0.25) is 0 Å². The zero-order valence-electron chi connectivity index (χ0n) is 10.2. The Balaban J connectivity index is 2.65. The summed E-state index contributed by atoms with van der Waals surface area (Å²) in [4.78, 5) is 18.2. The molecule has 9 heteroatoms. The van der Waals surface area contributed by atoms with Gasteiger partial charge in [0, 0.05) is 6.42 Å². The topological polar surface area (TPSA) is 89.1 Å². The number of hydrogen-bond donors (Lipinski definition) is 2. The molecule has 1 atom stereocenters. The molecule has 0 aliphatic carbocycles. The number of carbonyl (C=O) groups excluding carboxylic acids is 1. The Bertz CT molecular complexity index is 667. The normalized spacial score (nSPS) is 13.7. The van der Waals surface area contributed by atoms with E-state index in [1.165, 1.54) is 6.92 Å². The van der Waals surface area contributed by atoms with Gasteiger partial charge in [0.15, 0.2) is 0 Å². The number of primary amides is 1. The van der Waals surface area contributed by atoms with E-state index in [0.717, 1.165) is 6.07 Å². The van der Waals surface area contributed by atoms with Crippen molar-refractivity contribution in [3.63, 3.8) is 0 Å². The van der Waals surface area contributed by atoms with Crippen LogP contribution in [0.25, 0.3) is 10.2 Å². The quantitative estimate of drug-likeness (QED) is 0.904. The number of nitrogens with two attached hydrogens (primary N) is 1. The molecule has 0 saturated heterocycles. The second-order valence-electron chi connectivity index (χ2n) is 4.23. The van der Waals surface area contributed by atoms with Crippen LogP contribution in [0.5, 0.6) is 0 Å². The van der Waals surface area contributed by atoms with E-state index >= 15 is 0 Å². The molecule has 0 aromatic carbocycles. The minimum atomic E-state index is -4.52. The lowest BCUT2D eigenvalue weighted by Gasteiger charge is -2.04. The fourth-order valence-electron chi connectivity index (χ4n) is 1.64. The van der Waals surface area contributed by atoms with Gasteiger partial charge in [0.05, 0.1) is 16.3 Å².